The monoisotopic (exact) mass is 194 g/mol. The number of hydrogen-bond acceptors (Lipinski definition) is 2. The average Bonchev–Trinajstić information content (AvgIpc) is 2.87. The standard InChI is InChI=1S/C12H18O2/c1(2-4-7-12-10-14-12)3-6-11-8-5-9-13-11/h5,8-9,12H,1-4,6-7,10H2. The van der Waals surface area contributed by atoms with E-state index in [9.17, 15) is 0 Å². The van der Waals surface area contributed by atoms with Gasteiger partial charge in [0.15, 0.2) is 0 Å². The van der Waals surface area contributed by atoms with Crippen molar-refractivity contribution in [1.29, 1.82) is 0 Å². The van der Waals surface area contributed by atoms with Crippen LogP contribution in [0.3, 0.4) is 0 Å². The van der Waals surface area contributed by atoms with E-state index in [1.165, 1.54) is 32.1 Å². The Balaban J connectivity index is 1.43. The zero-order chi connectivity index (χ0) is 9.64. The van der Waals surface area contributed by atoms with Gasteiger partial charge in [-0.1, -0.05) is 19.3 Å². The third-order valence-corrected chi connectivity index (χ3v) is 2.68. The Hall–Kier alpha value is -0.760. The summed E-state index contributed by atoms with van der Waals surface area (Å²) >= 11 is 0. The van der Waals surface area contributed by atoms with Crippen molar-refractivity contribution < 1.29 is 9.15 Å². The number of hydrogen-bond donors (Lipinski definition) is 0. The fourth-order valence-electron chi connectivity index (χ4n) is 1.71. The minimum absolute atomic E-state index is 0.611. The van der Waals surface area contributed by atoms with E-state index in [-0.39, 0.29) is 0 Å². The molecular formula is C12H18O2. The Morgan fingerprint density at radius 2 is 2.07 bits per heavy atom. The van der Waals surface area contributed by atoms with Gasteiger partial charge in [0.05, 0.1) is 19.0 Å². The maximum atomic E-state index is 5.27. The number of unbranched alkanes of at least 4 members (excludes halogenated alkanes) is 3. The highest BCUT2D eigenvalue weighted by Crippen LogP contribution is 2.18. The topological polar surface area (TPSA) is 25.7 Å². The normalized spacial score (nSPS) is 19.9. The fraction of sp³-hybridized carbons (Fsp3) is 0.667. The zero-order valence-electron chi connectivity index (χ0n) is 8.58. The van der Waals surface area contributed by atoms with Crippen LogP contribution in [-0.4, -0.2) is 12.7 Å². The predicted molar refractivity (Wildman–Crippen MR) is 55.2 cm³/mol. The van der Waals surface area contributed by atoms with Crippen LogP contribution in [0.4, 0.5) is 0 Å². The van der Waals surface area contributed by atoms with Crippen LogP contribution in [0.15, 0.2) is 22.8 Å². The van der Waals surface area contributed by atoms with Crippen molar-refractivity contribution in [2.45, 2.75) is 44.6 Å². The molecule has 2 rings (SSSR count). The van der Waals surface area contributed by atoms with E-state index in [0.717, 1.165) is 18.8 Å². The van der Waals surface area contributed by atoms with Crippen molar-refractivity contribution in [3.63, 3.8) is 0 Å². The molecule has 0 N–H and O–H groups in total. The average molecular weight is 194 g/mol. The van der Waals surface area contributed by atoms with Gasteiger partial charge in [-0.3, -0.25) is 0 Å². The third-order valence-electron chi connectivity index (χ3n) is 2.68. The minimum Gasteiger partial charge on any atom is -0.469 e. The maximum absolute atomic E-state index is 5.27. The molecule has 1 saturated heterocycles. The largest absolute Gasteiger partial charge is 0.469 e. The van der Waals surface area contributed by atoms with Crippen LogP contribution in [-0.2, 0) is 11.2 Å². The lowest BCUT2D eigenvalue weighted by atomic mass is 10.1. The van der Waals surface area contributed by atoms with E-state index in [2.05, 4.69) is 6.07 Å². The number of epoxide rings is 1. The van der Waals surface area contributed by atoms with Crippen LogP contribution in [0.1, 0.15) is 37.9 Å². The molecule has 78 valence electrons. The molecule has 0 bridgehead atoms. The molecule has 0 spiro atoms. The number of aryl methyl sites for hydroxylation is 1. The molecule has 0 aromatic carbocycles. The fourth-order valence-corrected chi connectivity index (χ4v) is 1.71. The minimum atomic E-state index is 0.611. The van der Waals surface area contributed by atoms with Crippen LogP contribution >= 0.6 is 0 Å². The lowest BCUT2D eigenvalue weighted by Gasteiger charge is -1.98. The quantitative estimate of drug-likeness (QED) is 0.492. The predicted octanol–water partition coefficient (Wildman–Crippen LogP) is 3.17. The van der Waals surface area contributed by atoms with Crippen LogP contribution < -0.4 is 0 Å². The number of ether oxygens (including phenoxy) is 1. The SMILES string of the molecule is c1coc(CCCCCCC2CO2)c1. The van der Waals surface area contributed by atoms with Gasteiger partial charge in [0.1, 0.15) is 5.76 Å². The van der Waals surface area contributed by atoms with Crippen molar-refractivity contribution in [2.75, 3.05) is 6.61 Å². The molecule has 1 aromatic heterocycles. The van der Waals surface area contributed by atoms with Crippen molar-refractivity contribution >= 4 is 0 Å². The molecule has 0 saturated carbocycles. The van der Waals surface area contributed by atoms with E-state index in [0.29, 0.717) is 6.10 Å². The van der Waals surface area contributed by atoms with Gasteiger partial charge in [0.25, 0.3) is 0 Å². The van der Waals surface area contributed by atoms with Crippen LogP contribution in [0.2, 0.25) is 0 Å². The van der Waals surface area contributed by atoms with Gasteiger partial charge in [-0.2, -0.15) is 0 Å². The summed E-state index contributed by atoms with van der Waals surface area (Å²) in [7, 11) is 0. The van der Waals surface area contributed by atoms with Crippen molar-refractivity contribution in [3.05, 3.63) is 24.2 Å². The van der Waals surface area contributed by atoms with Crippen molar-refractivity contribution in [3.8, 4) is 0 Å². The number of furan rings is 1. The molecule has 0 radical (unpaired) electrons. The summed E-state index contributed by atoms with van der Waals surface area (Å²) in [6, 6.07) is 4.01. The van der Waals surface area contributed by atoms with Crippen molar-refractivity contribution in [2.24, 2.45) is 0 Å². The molecule has 2 nitrogen and oxygen atoms in total. The molecule has 1 aliphatic rings. The Labute approximate surface area is 85.3 Å². The second-order valence-electron chi connectivity index (χ2n) is 3.99. The summed E-state index contributed by atoms with van der Waals surface area (Å²) in [6.07, 6.45) is 9.93. The molecule has 1 aromatic rings. The molecule has 0 amide bonds. The van der Waals surface area contributed by atoms with Gasteiger partial charge < -0.3 is 9.15 Å². The summed E-state index contributed by atoms with van der Waals surface area (Å²) in [6.45, 7) is 1.01. The van der Waals surface area contributed by atoms with E-state index >= 15 is 0 Å². The van der Waals surface area contributed by atoms with Gasteiger partial charge in [0, 0.05) is 6.42 Å². The molecule has 1 aliphatic heterocycles. The Bertz CT molecular complexity index is 237. The first-order valence-corrected chi connectivity index (χ1v) is 5.59. The van der Waals surface area contributed by atoms with E-state index < -0.39 is 0 Å². The third kappa shape index (κ3) is 3.54. The molecular weight excluding hydrogens is 176 g/mol. The van der Waals surface area contributed by atoms with E-state index in [4.69, 9.17) is 9.15 Å². The van der Waals surface area contributed by atoms with E-state index in [1.807, 2.05) is 6.07 Å². The Kier molecular flexibility index (Phi) is 3.64. The lowest BCUT2D eigenvalue weighted by molar-refractivity contribution is 0.387. The highest BCUT2D eigenvalue weighted by atomic mass is 16.6. The molecule has 2 heteroatoms. The lowest BCUT2D eigenvalue weighted by Crippen LogP contribution is -1.87. The van der Waals surface area contributed by atoms with Gasteiger partial charge in [-0.25, -0.2) is 0 Å². The summed E-state index contributed by atoms with van der Waals surface area (Å²) in [5.41, 5.74) is 0. The molecule has 1 atom stereocenters. The highest BCUT2D eigenvalue weighted by molar-refractivity contribution is 4.97. The van der Waals surface area contributed by atoms with Gasteiger partial charge in [-0.05, 0) is 25.0 Å². The molecule has 14 heavy (non-hydrogen) atoms. The smallest absolute Gasteiger partial charge is 0.103 e. The van der Waals surface area contributed by atoms with Gasteiger partial charge in [-0.15, -0.1) is 0 Å². The number of rotatable bonds is 7. The first-order chi connectivity index (χ1) is 6.95. The summed E-state index contributed by atoms with van der Waals surface area (Å²) in [5.74, 6) is 1.12. The van der Waals surface area contributed by atoms with Gasteiger partial charge in [0.2, 0.25) is 0 Å². The molecule has 1 fully saturated rings. The summed E-state index contributed by atoms with van der Waals surface area (Å²) < 4.78 is 10.4. The van der Waals surface area contributed by atoms with Crippen LogP contribution in [0, 0.1) is 0 Å². The second kappa shape index (κ2) is 5.20. The Morgan fingerprint density at radius 1 is 1.21 bits per heavy atom. The maximum Gasteiger partial charge on any atom is 0.103 e. The van der Waals surface area contributed by atoms with Gasteiger partial charge >= 0.3 is 0 Å². The van der Waals surface area contributed by atoms with Crippen molar-refractivity contribution in [1.82, 2.24) is 0 Å². The summed E-state index contributed by atoms with van der Waals surface area (Å²) in [5, 5.41) is 0. The second-order valence-corrected chi connectivity index (χ2v) is 3.99. The molecule has 1 unspecified atom stereocenters. The zero-order valence-corrected chi connectivity index (χ0v) is 8.58. The first-order valence-electron chi connectivity index (χ1n) is 5.59. The van der Waals surface area contributed by atoms with Crippen LogP contribution in [0.5, 0.6) is 0 Å². The summed E-state index contributed by atoms with van der Waals surface area (Å²) in [4.78, 5) is 0. The van der Waals surface area contributed by atoms with Crippen LogP contribution in [0.25, 0.3) is 0 Å². The molecule has 2 heterocycles. The highest BCUT2D eigenvalue weighted by Gasteiger charge is 2.20. The first kappa shape index (κ1) is 9.78. The Morgan fingerprint density at radius 3 is 2.79 bits per heavy atom. The van der Waals surface area contributed by atoms with E-state index in [1.54, 1.807) is 6.26 Å². The molecule has 0 aliphatic carbocycles.